The molecule has 0 aliphatic heterocycles. The van der Waals surface area contributed by atoms with Gasteiger partial charge in [-0.1, -0.05) is 41.4 Å². The number of benzene rings is 2. The summed E-state index contributed by atoms with van der Waals surface area (Å²) in [7, 11) is 0. The first-order chi connectivity index (χ1) is 12.8. The molecule has 0 fully saturated rings. The van der Waals surface area contributed by atoms with Crippen LogP contribution in [0.3, 0.4) is 0 Å². The zero-order valence-corrected chi connectivity index (χ0v) is 16.4. The van der Waals surface area contributed by atoms with Crippen LogP contribution in [0.5, 0.6) is 5.75 Å². The fraction of sp³-hybridized carbons (Fsp3) is 0.300. The number of rotatable bonds is 9. The number of hydrogen-bond acceptors (Lipinski definition) is 3. The standard InChI is InChI=1S/C20H21Cl2NO4/c1-13(27-17-7-2-14(3-8-17)4-9-19(24)25)20(26)23-11-10-15-5-6-16(21)12-18(15)22/h2-3,5-8,12-13H,4,9-11H2,1H3,(H,23,26)(H,24,25). The molecule has 5 nitrogen and oxygen atoms in total. The van der Waals surface area contributed by atoms with Crippen molar-refractivity contribution in [2.24, 2.45) is 0 Å². The third-order valence-corrected chi connectivity index (χ3v) is 4.53. The lowest BCUT2D eigenvalue weighted by Crippen LogP contribution is -2.37. The Morgan fingerprint density at radius 2 is 1.81 bits per heavy atom. The van der Waals surface area contributed by atoms with E-state index < -0.39 is 12.1 Å². The van der Waals surface area contributed by atoms with E-state index in [4.69, 9.17) is 33.0 Å². The number of carbonyl (C=O) groups is 2. The zero-order chi connectivity index (χ0) is 19.8. The van der Waals surface area contributed by atoms with E-state index >= 15 is 0 Å². The summed E-state index contributed by atoms with van der Waals surface area (Å²) in [5.41, 5.74) is 1.81. The zero-order valence-electron chi connectivity index (χ0n) is 14.9. The van der Waals surface area contributed by atoms with Crippen LogP contribution < -0.4 is 10.1 Å². The molecular formula is C20H21Cl2NO4. The summed E-state index contributed by atoms with van der Waals surface area (Å²) in [6.45, 7) is 2.10. The van der Waals surface area contributed by atoms with Crippen LogP contribution in [0.25, 0.3) is 0 Å². The first-order valence-corrected chi connectivity index (χ1v) is 9.30. The van der Waals surface area contributed by atoms with Crippen molar-refractivity contribution in [1.29, 1.82) is 0 Å². The van der Waals surface area contributed by atoms with Gasteiger partial charge in [0.25, 0.3) is 5.91 Å². The second-order valence-corrected chi connectivity index (χ2v) is 6.92. The number of amides is 1. The van der Waals surface area contributed by atoms with Crippen LogP contribution in [-0.2, 0) is 22.4 Å². The highest BCUT2D eigenvalue weighted by molar-refractivity contribution is 6.35. The smallest absolute Gasteiger partial charge is 0.303 e. The molecule has 2 aromatic carbocycles. The lowest BCUT2D eigenvalue weighted by Gasteiger charge is -2.15. The van der Waals surface area contributed by atoms with Crippen molar-refractivity contribution in [3.05, 3.63) is 63.6 Å². The minimum atomic E-state index is -0.833. The van der Waals surface area contributed by atoms with Crippen LogP contribution in [0.15, 0.2) is 42.5 Å². The van der Waals surface area contributed by atoms with Gasteiger partial charge < -0.3 is 15.2 Å². The number of carbonyl (C=O) groups excluding carboxylic acids is 1. The topological polar surface area (TPSA) is 75.6 Å². The molecule has 0 bridgehead atoms. The summed E-state index contributed by atoms with van der Waals surface area (Å²) < 4.78 is 5.63. The molecule has 0 aromatic heterocycles. The van der Waals surface area contributed by atoms with Crippen LogP contribution in [-0.4, -0.2) is 29.6 Å². The SMILES string of the molecule is CC(Oc1ccc(CCC(=O)O)cc1)C(=O)NCCc1ccc(Cl)cc1Cl. The average Bonchev–Trinajstić information content (AvgIpc) is 2.62. The Bertz CT molecular complexity index is 793. The van der Waals surface area contributed by atoms with Crippen LogP contribution >= 0.6 is 23.2 Å². The fourth-order valence-electron chi connectivity index (χ4n) is 2.43. The lowest BCUT2D eigenvalue weighted by atomic mass is 10.1. The number of hydrogen-bond donors (Lipinski definition) is 2. The normalized spacial score (nSPS) is 11.7. The Balaban J connectivity index is 1.78. The second-order valence-electron chi connectivity index (χ2n) is 6.07. The molecule has 2 aromatic rings. The highest BCUT2D eigenvalue weighted by Gasteiger charge is 2.14. The van der Waals surface area contributed by atoms with E-state index in [1.165, 1.54) is 0 Å². The first kappa shape index (κ1) is 21.1. The summed E-state index contributed by atoms with van der Waals surface area (Å²) >= 11 is 12.0. The molecule has 1 atom stereocenters. The summed E-state index contributed by atoms with van der Waals surface area (Å²) in [5, 5.41) is 12.7. The van der Waals surface area contributed by atoms with E-state index in [1.54, 1.807) is 43.3 Å². The predicted octanol–water partition coefficient (Wildman–Crippen LogP) is 4.14. The molecule has 0 saturated heterocycles. The van der Waals surface area contributed by atoms with Gasteiger partial charge in [-0.15, -0.1) is 0 Å². The van der Waals surface area contributed by atoms with E-state index in [1.807, 2.05) is 6.07 Å². The number of aliphatic carboxylic acids is 1. The molecule has 0 saturated carbocycles. The van der Waals surface area contributed by atoms with Gasteiger partial charge in [0.05, 0.1) is 0 Å². The van der Waals surface area contributed by atoms with Crippen molar-refractivity contribution >= 4 is 35.1 Å². The molecule has 0 aliphatic carbocycles. The molecule has 144 valence electrons. The van der Waals surface area contributed by atoms with Crippen molar-refractivity contribution in [3.63, 3.8) is 0 Å². The predicted molar refractivity (Wildman–Crippen MR) is 106 cm³/mol. The molecule has 0 radical (unpaired) electrons. The number of carboxylic acids is 1. The molecular weight excluding hydrogens is 389 g/mol. The Labute approximate surface area is 168 Å². The number of aryl methyl sites for hydroxylation is 1. The third-order valence-electron chi connectivity index (χ3n) is 3.94. The average molecular weight is 410 g/mol. The van der Waals surface area contributed by atoms with Crippen molar-refractivity contribution in [1.82, 2.24) is 5.32 Å². The van der Waals surface area contributed by atoms with Crippen molar-refractivity contribution in [3.8, 4) is 5.75 Å². The molecule has 0 aliphatic rings. The van der Waals surface area contributed by atoms with Gasteiger partial charge in [-0.05, 0) is 55.2 Å². The van der Waals surface area contributed by atoms with E-state index in [0.29, 0.717) is 35.2 Å². The molecule has 1 unspecified atom stereocenters. The number of halogens is 2. The minimum absolute atomic E-state index is 0.0800. The molecule has 7 heteroatoms. The molecule has 2 N–H and O–H groups in total. The van der Waals surface area contributed by atoms with Gasteiger partial charge in [0, 0.05) is 23.0 Å². The lowest BCUT2D eigenvalue weighted by molar-refractivity contribution is -0.137. The quantitative estimate of drug-likeness (QED) is 0.652. The maximum atomic E-state index is 12.2. The van der Waals surface area contributed by atoms with Crippen LogP contribution in [0.1, 0.15) is 24.5 Å². The van der Waals surface area contributed by atoms with E-state index in [9.17, 15) is 9.59 Å². The molecule has 2 rings (SSSR count). The van der Waals surface area contributed by atoms with E-state index in [0.717, 1.165) is 11.1 Å². The summed E-state index contributed by atoms with van der Waals surface area (Å²) in [5.74, 6) is -0.506. The Morgan fingerprint density at radius 3 is 2.44 bits per heavy atom. The molecule has 1 amide bonds. The van der Waals surface area contributed by atoms with Gasteiger partial charge in [0.1, 0.15) is 5.75 Å². The monoisotopic (exact) mass is 409 g/mol. The van der Waals surface area contributed by atoms with Gasteiger partial charge in [-0.25, -0.2) is 0 Å². The van der Waals surface area contributed by atoms with E-state index in [-0.39, 0.29) is 12.3 Å². The van der Waals surface area contributed by atoms with Gasteiger partial charge in [-0.3, -0.25) is 9.59 Å². The number of carboxylic acid groups (broad SMARTS) is 1. The highest BCUT2D eigenvalue weighted by Crippen LogP contribution is 2.21. The van der Waals surface area contributed by atoms with Gasteiger partial charge in [0.15, 0.2) is 6.10 Å². The van der Waals surface area contributed by atoms with Crippen molar-refractivity contribution < 1.29 is 19.4 Å². The van der Waals surface area contributed by atoms with Gasteiger partial charge >= 0.3 is 5.97 Å². The largest absolute Gasteiger partial charge is 0.481 e. The fourth-order valence-corrected chi connectivity index (χ4v) is 2.94. The van der Waals surface area contributed by atoms with Crippen LogP contribution in [0.2, 0.25) is 10.0 Å². The maximum absolute atomic E-state index is 12.2. The molecule has 0 heterocycles. The molecule has 0 spiro atoms. The van der Waals surface area contributed by atoms with Crippen molar-refractivity contribution in [2.45, 2.75) is 32.3 Å². The Hall–Kier alpha value is -2.24. The maximum Gasteiger partial charge on any atom is 0.303 e. The second kappa shape index (κ2) is 10.2. The Kier molecular flexibility index (Phi) is 7.95. The van der Waals surface area contributed by atoms with Crippen molar-refractivity contribution in [2.75, 3.05) is 6.54 Å². The highest BCUT2D eigenvalue weighted by atomic mass is 35.5. The summed E-state index contributed by atoms with van der Waals surface area (Å²) in [6, 6.07) is 12.3. The number of ether oxygens (including phenoxy) is 1. The van der Waals surface area contributed by atoms with Gasteiger partial charge in [0.2, 0.25) is 0 Å². The van der Waals surface area contributed by atoms with Gasteiger partial charge in [-0.2, -0.15) is 0 Å². The van der Waals surface area contributed by atoms with Crippen LogP contribution in [0.4, 0.5) is 0 Å². The number of nitrogens with one attached hydrogen (secondary N) is 1. The summed E-state index contributed by atoms with van der Waals surface area (Å²) in [4.78, 5) is 22.8. The third kappa shape index (κ3) is 7.12. The molecule has 27 heavy (non-hydrogen) atoms. The Morgan fingerprint density at radius 1 is 1.11 bits per heavy atom. The summed E-state index contributed by atoms with van der Waals surface area (Å²) in [6.07, 6.45) is 0.470. The first-order valence-electron chi connectivity index (χ1n) is 8.54. The van der Waals surface area contributed by atoms with E-state index in [2.05, 4.69) is 5.32 Å². The minimum Gasteiger partial charge on any atom is -0.481 e. The van der Waals surface area contributed by atoms with Crippen LogP contribution in [0, 0.1) is 0 Å².